The van der Waals surface area contributed by atoms with Crippen LogP contribution in [0.3, 0.4) is 0 Å². The van der Waals surface area contributed by atoms with Crippen LogP contribution in [0.15, 0.2) is 22.7 Å². The first kappa shape index (κ1) is 11.1. The molecule has 1 nitrogen and oxygen atoms in total. The van der Waals surface area contributed by atoms with Crippen LogP contribution in [-0.4, -0.2) is 6.04 Å². The number of hydrogen-bond donors (Lipinski definition) is 1. The van der Waals surface area contributed by atoms with Gasteiger partial charge in [0.2, 0.25) is 0 Å². The molecule has 0 heterocycles. The van der Waals surface area contributed by atoms with Gasteiger partial charge in [-0.05, 0) is 46.5 Å². The maximum atomic E-state index is 13.2. The zero-order chi connectivity index (χ0) is 10.7. The Hall–Kier alpha value is -0.410. The Morgan fingerprint density at radius 2 is 2.07 bits per heavy atom. The lowest BCUT2D eigenvalue weighted by Gasteiger charge is -2.11. The highest BCUT2D eigenvalue weighted by Gasteiger charge is 2.13. The van der Waals surface area contributed by atoms with E-state index in [1.165, 1.54) is 25.7 Å². The van der Waals surface area contributed by atoms with Gasteiger partial charge in [0.25, 0.3) is 0 Å². The molecular weight excluding hydrogens is 257 g/mol. The van der Waals surface area contributed by atoms with Crippen molar-refractivity contribution in [1.29, 1.82) is 0 Å². The molecule has 1 fully saturated rings. The first-order chi connectivity index (χ1) is 7.25. The average Bonchev–Trinajstić information content (AvgIpc) is 2.73. The molecule has 0 spiro atoms. The molecule has 0 atom stereocenters. The summed E-state index contributed by atoms with van der Waals surface area (Å²) in [6.45, 7) is 0.773. The summed E-state index contributed by atoms with van der Waals surface area (Å²) in [5, 5.41) is 3.46. The Morgan fingerprint density at radius 3 is 2.73 bits per heavy atom. The predicted molar refractivity (Wildman–Crippen MR) is 63.2 cm³/mol. The largest absolute Gasteiger partial charge is 0.310 e. The summed E-state index contributed by atoms with van der Waals surface area (Å²) in [4.78, 5) is 0. The molecule has 0 unspecified atom stereocenters. The molecule has 0 saturated heterocycles. The molecule has 1 aromatic rings. The van der Waals surface area contributed by atoms with Crippen LogP contribution < -0.4 is 5.32 Å². The van der Waals surface area contributed by atoms with Crippen molar-refractivity contribution >= 4 is 15.9 Å². The summed E-state index contributed by atoms with van der Waals surface area (Å²) in [5.41, 5.74) is 1.02. The van der Waals surface area contributed by atoms with E-state index >= 15 is 0 Å². The van der Waals surface area contributed by atoms with Gasteiger partial charge in [0.1, 0.15) is 5.82 Å². The number of benzene rings is 1. The fourth-order valence-electron chi connectivity index (χ4n) is 2.04. The zero-order valence-corrected chi connectivity index (χ0v) is 10.2. The van der Waals surface area contributed by atoms with E-state index in [2.05, 4.69) is 21.2 Å². The second kappa shape index (κ2) is 5.08. The minimum Gasteiger partial charge on any atom is -0.310 e. The first-order valence-electron chi connectivity index (χ1n) is 5.43. The van der Waals surface area contributed by atoms with Crippen LogP contribution in [-0.2, 0) is 6.54 Å². The van der Waals surface area contributed by atoms with Crippen molar-refractivity contribution < 1.29 is 4.39 Å². The van der Waals surface area contributed by atoms with Crippen LogP contribution in [0, 0.1) is 5.82 Å². The molecular formula is C12H15BrFN. The second-order valence-corrected chi connectivity index (χ2v) is 4.97. The van der Waals surface area contributed by atoms with Gasteiger partial charge in [0.15, 0.2) is 0 Å². The third kappa shape index (κ3) is 3.02. The van der Waals surface area contributed by atoms with Crippen LogP contribution >= 0.6 is 15.9 Å². The van der Waals surface area contributed by atoms with E-state index in [9.17, 15) is 4.39 Å². The molecule has 1 aromatic carbocycles. The van der Waals surface area contributed by atoms with E-state index in [0.29, 0.717) is 10.5 Å². The molecule has 1 saturated carbocycles. The molecule has 82 valence electrons. The maximum Gasteiger partial charge on any atom is 0.137 e. The van der Waals surface area contributed by atoms with E-state index in [-0.39, 0.29) is 5.82 Å². The number of halogens is 2. The van der Waals surface area contributed by atoms with Gasteiger partial charge < -0.3 is 5.32 Å². The number of hydrogen-bond acceptors (Lipinski definition) is 1. The molecule has 0 aliphatic heterocycles. The van der Waals surface area contributed by atoms with E-state index in [4.69, 9.17) is 0 Å². The Kier molecular flexibility index (Phi) is 3.76. The fourth-order valence-corrected chi connectivity index (χ4v) is 2.29. The van der Waals surface area contributed by atoms with Crippen LogP contribution in [0.4, 0.5) is 4.39 Å². The molecule has 0 radical (unpaired) electrons. The van der Waals surface area contributed by atoms with Crippen molar-refractivity contribution in [3.05, 3.63) is 34.1 Å². The van der Waals surface area contributed by atoms with Crippen molar-refractivity contribution in [2.75, 3.05) is 0 Å². The molecule has 1 aliphatic carbocycles. The molecule has 1 aliphatic rings. The third-order valence-corrected chi connectivity index (χ3v) is 3.58. The zero-order valence-electron chi connectivity index (χ0n) is 8.60. The Bertz CT molecular complexity index is 334. The lowest BCUT2D eigenvalue weighted by atomic mass is 10.2. The summed E-state index contributed by atoms with van der Waals surface area (Å²) < 4.78 is 13.7. The van der Waals surface area contributed by atoms with Crippen LogP contribution in [0.5, 0.6) is 0 Å². The van der Waals surface area contributed by atoms with Gasteiger partial charge in [0, 0.05) is 12.6 Å². The Morgan fingerprint density at radius 1 is 1.33 bits per heavy atom. The van der Waals surface area contributed by atoms with Crippen LogP contribution in [0.25, 0.3) is 0 Å². The van der Waals surface area contributed by atoms with Crippen molar-refractivity contribution in [2.45, 2.75) is 38.3 Å². The average molecular weight is 272 g/mol. The predicted octanol–water partition coefficient (Wildman–Crippen LogP) is 3.62. The van der Waals surface area contributed by atoms with Gasteiger partial charge in [-0.3, -0.25) is 0 Å². The monoisotopic (exact) mass is 271 g/mol. The molecule has 1 N–H and O–H groups in total. The molecule has 15 heavy (non-hydrogen) atoms. The van der Waals surface area contributed by atoms with E-state index in [1.54, 1.807) is 12.1 Å². The molecule has 0 bridgehead atoms. The highest BCUT2D eigenvalue weighted by molar-refractivity contribution is 9.10. The SMILES string of the molecule is Fc1cc(CNC2CCCC2)ccc1Br. The number of rotatable bonds is 3. The molecule has 0 amide bonds. The van der Waals surface area contributed by atoms with Crippen molar-refractivity contribution in [3.63, 3.8) is 0 Å². The summed E-state index contributed by atoms with van der Waals surface area (Å²) in [7, 11) is 0. The van der Waals surface area contributed by atoms with E-state index < -0.39 is 0 Å². The Labute approximate surface area is 98.2 Å². The van der Waals surface area contributed by atoms with Crippen LogP contribution in [0.2, 0.25) is 0 Å². The second-order valence-electron chi connectivity index (χ2n) is 4.11. The van der Waals surface area contributed by atoms with Crippen molar-refractivity contribution in [2.24, 2.45) is 0 Å². The minimum absolute atomic E-state index is 0.180. The van der Waals surface area contributed by atoms with E-state index in [0.717, 1.165) is 12.1 Å². The summed E-state index contributed by atoms with van der Waals surface area (Å²) in [6, 6.07) is 5.94. The highest BCUT2D eigenvalue weighted by Crippen LogP contribution is 2.19. The van der Waals surface area contributed by atoms with Gasteiger partial charge in [-0.25, -0.2) is 4.39 Å². The highest BCUT2D eigenvalue weighted by atomic mass is 79.9. The van der Waals surface area contributed by atoms with Gasteiger partial charge in [-0.15, -0.1) is 0 Å². The molecule has 3 heteroatoms. The fraction of sp³-hybridized carbons (Fsp3) is 0.500. The van der Waals surface area contributed by atoms with Crippen LogP contribution in [0.1, 0.15) is 31.2 Å². The topological polar surface area (TPSA) is 12.0 Å². The lowest BCUT2D eigenvalue weighted by molar-refractivity contribution is 0.522. The summed E-state index contributed by atoms with van der Waals surface area (Å²) in [6.07, 6.45) is 5.18. The lowest BCUT2D eigenvalue weighted by Crippen LogP contribution is -2.25. The van der Waals surface area contributed by atoms with Gasteiger partial charge in [-0.1, -0.05) is 18.9 Å². The number of nitrogens with one attached hydrogen (secondary N) is 1. The minimum atomic E-state index is -0.180. The quantitative estimate of drug-likeness (QED) is 0.886. The smallest absolute Gasteiger partial charge is 0.137 e. The third-order valence-electron chi connectivity index (χ3n) is 2.93. The first-order valence-corrected chi connectivity index (χ1v) is 6.22. The van der Waals surface area contributed by atoms with Crippen molar-refractivity contribution in [3.8, 4) is 0 Å². The van der Waals surface area contributed by atoms with Gasteiger partial charge >= 0.3 is 0 Å². The maximum absolute atomic E-state index is 13.2. The standard InChI is InChI=1S/C12H15BrFN/c13-11-6-5-9(7-12(11)14)8-15-10-3-1-2-4-10/h5-7,10,15H,1-4,8H2. The summed E-state index contributed by atoms with van der Waals surface area (Å²) >= 11 is 3.15. The summed E-state index contributed by atoms with van der Waals surface area (Å²) in [5.74, 6) is -0.180. The van der Waals surface area contributed by atoms with E-state index in [1.807, 2.05) is 6.07 Å². The van der Waals surface area contributed by atoms with Crippen molar-refractivity contribution in [1.82, 2.24) is 5.32 Å². The molecule has 0 aromatic heterocycles. The molecule has 2 rings (SSSR count). The van der Waals surface area contributed by atoms with Gasteiger partial charge in [-0.2, -0.15) is 0 Å². The van der Waals surface area contributed by atoms with Gasteiger partial charge in [0.05, 0.1) is 4.47 Å². The Balaban J connectivity index is 1.90. The normalized spacial score (nSPS) is 17.2.